The average molecular weight is 560 g/mol. The summed E-state index contributed by atoms with van der Waals surface area (Å²) in [4.78, 5) is 30.4. The first-order valence-corrected chi connectivity index (χ1v) is 13.8. The fourth-order valence-corrected chi connectivity index (χ4v) is 5.38. The van der Waals surface area contributed by atoms with Crippen molar-refractivity contribution >= 4 is 29.2 Å². The minimum atomic E-state index is -4.97. The highest BCUT2D eigenvalue weighted by atomic mass is 32.1. The van der Waals surface area contributed by atoms with Gasteiger partial charge in [0.2, 0.25) is 5.60 Å². The molecule has 0 aromatic carbocycles. The van der Waals surface area contributed by atoms with Crippen LogP contribution in [-0.4, -0.2) is 50.9 Å². The molecule has 0 spiro atoms. The molecule has 214 valence electrons. The van der Waals surface area contributed by atoms with E-state index in [2.05, 4.69) is 4.98 Å². The number of cyclic esters (lactones) is 1. The minimum absolute atomic E-state index is 0.242. The molecule has 1 aliphatic rings. The van der Waals surface area contributed by atoms with E-state index >= 15 is 0 Å². The second-order valence-corrected chi connectivity index (χ2v) is 12.2. The van der Waals surface area contributed by atoms with Crippen LogP contribution in [0.1, 0.15) is 84.3 Å². The molecule has 1 aromatic heterocycles. The zero-order valence-corrected chi connectivity index (χ0v) is 24.0. The number of alkyl halides is 3. The summed E-state index contributed by atoms with van der Waals surface area (Å²) >= 11 is 1.29. The molecule has 2 heterocycles. The number of nitrogens with zero attached hydrogens (tertiary/aromatic N) is 1. The SMILES string of the molecule is CC1=CCC(C(C)=Cc2csc(C)n2)(C(F)(F)F)OC(=O)CC(O)C(C)(C)C(=O)C(C)C(O)C(C)CCC1. The molecular weight excluding hydrogens is 519 g/mol. The number of halogens is 3. The van der Waals surface area contributed by atoms with Crippen LogP contribution >= 0.6 is 11.3 Å². The lowest BCUT2D eigenvalue weighted by molar-refractivity contribution is -0.255. The Morgan fingerprint density at radius 3 is 2.39 bits per heavy atom. The summed E-state index contributed by atoms with van der Waals surface area (Å²) in [5.74, 6) is -2.83. The van der Waals surface area contributed by atoms with Crippen LogP contribution in [0.25, 0.3) is 6.08 Å². The summed E-state index contributed by atoms with van der Waals surface area (Å²) in [5.41, 5.74) is -3.72. The van der Waals surface area contributed by atoms with Crippen LogP contribution in [0.3, 0.4) is 0 Å². The lowest BCUT2D eigenvalue weighted by Gasteiger charge is -2.37. The Balaban J connectivity index is 2.59. The maximum Gasteiger partial charge on any atom is 0.432 e. The van der Waals surface area contributed by atoms with Crippen LogP contribution in [0.4, 0.5) is 13.2 Å². The number of aliphatic hydroxyl groups excluding tert-OH is 2. The maximum absolute atomic E-state index is 14.8. The molecule has 0 saturated heterocycles. The van der Waals surface area contributed by atoms with Crippen LogP contribution in [0.15, 0.2) is 22.6 Å². The van der Waals surface area contributed by atoms with Crippen LogP contribution in [0, 0.1) is 24.2 Å². The van der Waals surface area contributed by atoms with Gasteiger partial charge in [0.05, 0.1) is 34.7 Å². The van der Waals surface area contributed by atoms with Gasteiger partial charge < -0.3 is 14.9 Å². The number of Topliss-reactive ketones (excluding diaryl/α,β-unsaturated/α-hetero) is 1. The Morgan fingerprint density at radius 2 is 1.84 bits per heavy atom. The molecule has 1 aliphatic heterocycles. The zero-order chi connectivity index (χ0) is 29.1. The largest absolute Gasteiger partial charge is 0.444 e. The number of carbonyl (C=O) groups excluding carboxylic acids is 2. The Kier molecular flexibility index (Phi) is 10.5. The highest BCUT2D eigenvalue weighted by molar-refractivity contribution is 7.09. The van der Waals surface area contributed by atoms with Gasteiger partial charge in [-0.2, -0.15) is 13.2 Å². The third kappa shape index (κ3) is 7.33. The van der Waals surface area contributed by atoms with Crippen molar-refractivity contribution in [1.82, 2.24) is 4.98 Å². The first-order chi connectivity index (χ1) is 17.4. The zero-order valence-electron chi connectivity index (χ0n) is 23.2. The second-order valence-electron chi connectivity index (χ2n) is 11.1. The molecule has 0 saturated carbocycles. The molecule has 0 aliphatic carbocycles. The summed E-state index contributed by atoms with van der Waals surface area (Å²) < 4.78 is 49.6. The fourth-order valence-electron chi connectivity index (χ4n) is 4.81. The van der Waals surface area contributed by atoms with Crippen LogP contribution in [-0.2, 0) is 14.3 Å². The van der Waals surface area contributed by atoms with Crippen molar-refractivity contribution < 1.29 is 37.7 Å². The molecule has 6 nitrogen and oxygen atoms in total. The Labute approximate surface area is 227 Å². The molecule has 10 heteroatoms. The number of rotatable bonds is 2. The van der Waals surface area contributed by atoms with E-state index in [0.29, 0.717) is 35.5 Å². The highest BCUT2D eigenvalue weighted by Crippen LogP contribution is 2.44. The molecule has 5 unspecified atom stereocenters. The Morgan fingerprint density at radius 1 is 1.21 bits per heavy atom. The van der Waals surface area contributed by atoms with Gasteiger partial charge in [0, 0.05) is 17.7 Å². The number of allylic oxidation sites excluding steroid dienone is 1. The van der Waals surface area contributed by atoms with Gasteiger partial charge in [0.25, 0.3) is 0 Å². The van der Waals surface area contributed by atoms with Gasteiger partial charge in [-0.3, -0.25) is 9.59 Å². The second kappa shape index (κ2) is 12.4. The van der Waals surface area contributed by atoms with Crippen LogP contribution in [0.5, 0.6) is 0 Å². The topological polar surface area (TPSA) is 96.7 Å². The van der Waals surface area contributed by atoms with Crippen molar-refractivity contribution in [3.63, 3.8) is 0 Å². The molecular formula is C28H40F3NO5S. The van der Waals surface area contributed by atoms with E-state index in [0.717, 1.165) is 0 Å². The number of carbonyl (C=O) groups is 2. The van der Waals surface area contributed by atoms with Crippen LogP contribution in [0.2, 0.25) is 0 Å². The number of aliphatic hydroxyl groups is 2. The first-order valence-electron chi connectivity index (χ1n) is 12.9. The molecule has 2 rings (SSSR count). The van der Waals surface area contributed by atoms with E-state index in [1.165, 1.54) is 44.3 Å². The fraction of sp³-hybridized carbons (Fsp3) is 0.679. The van der Waals surface area contributed by atoms with Crippen molar-refractivity contribution in [3.8, 4) is 0 Å². The van der Waals surface area contributed by atoms with E-state index in [-0.39, 0.29) is 11.5 Å². The number of esters is 1. The maximum atomic E-state index is 14.8. The predicted molar refractivity (Wildman–Crippen MR) is 141 cm³/mol. The number of thiazole rings is 1. The van der Waals surface area contributed by atoms with E-state index in [1.54, 1.807) is 26.2 Å². The van der Waals surface area contributed by atoms with Crippen molar-refractivity contribution in [2.24, 2.45) is 17.3 Å². The number of aryl methyl sites for hydroxylation is 1. The van der Waals surface area contributed by atoms with Crippen LogP contribution < -0.4 is 0 Å². The Bertz CT molecular complexity index is 1060. The summed E-state index contributed by atoms with van der Waals surface area (Å²) in [6, 6.07) is 0. The lowest BCUT2D eigenvalue weighted by atomic mass is 9.73. The molecule has 0 bridgehead atoms. The van der Waals surface area contributed by atoms with Gasteiger partial charge in [0.15, 0.2) is 0 Å². The minimum Gasteiger partial charge on any atom is -0.444 e. The molecule has 5 atom stereocenters. The third-order valence-corrected chi connectivity index (χ3v) is 8.48. The van der Waals surface area contributed by atoms with Gasteiger partial charge in [-0.15, -0.1) is 11.3 Å². The summed E-state index contributed by atoms with van der Waals surface area (Å²) in [6.07, 6.45) is -4.67. The molecule has 2 N–H and O–H groups in total. The average Bonchev–Trinajstić information content (AvgIpc) is 3.22. The Hall–Kier alpha value is -2.04. The molecule has 1 aromatic rings. The van der Waals surface area contributed by atoms with E-state index < -0.39 is 59.9 Å². The quantitative estimate of drug-likeness (QED) is 0.331. The summed E-state index contributed by atoms with van der Waals surface area (Å²) in [7, 11) is 0. The van der Waals surface area contributed by atoms with Crippen molar-refractivity contribution in [1.29, 1.82) is 0 Å². The smallest absolute Gasteiger partial charge is 0.432 e. The van der Waals surface area contributed by atoms with Gasteiger partial charge in [-0.1, -0.05) is 39.3 Å². The van der Waals surface area contributed by atoms with Crippen molar-refractivity contribution in [2.75, 3.05) is 0 Å². The van der Waals surface area contributed by atoms with Gasteiger partial charge in [-0.25, -0.2) is 4.98 Å². The predicted octanol–water partition coefficient (Wildman–Crippen LogP) is 6.20. The summed E-state index contributed by atoms with van der Waals surface area (Å²) in [5, 5.41) is 23.9. The van der Waals surface area contributed by atoms with E-state index in [1.807, 2.05) is 6.92 Å². The first kappa shape index (κ1) is 32.2. The standard InChI is InChI=1S/C28H40F3NO5S/c1-16-9-8-10-17(2)24(35)19(4)25(36)26(6,7)22(33)14-23(34)37-27(12-11-16,28(29,30)31)18(3)13-21-15-38-20(5)32-21/h11,13,15,17,19,22,24,33,35H,8-10,12,14H2,1-7H3. The molecule has 38 heavy (non-hydrogen) atoms. The highest BCUT2D eigenvalue weighted by Gasteiger charge is 2.59. The number of ketones is 1. The van der Waals surface area contributed by atoms with Gasteiger partial charge in [0.1, 0.15) is 5.78 Å². The lowest BCUT2D eigenvalue weighted by Crippen LogP contribution is -2.51. The number of aromatic nitrogens is 1. The normalized spacial score (nSPS) is 31.1. The third-order valence-electron chi connectivity index (χ3n) is 7.69. The van der Waals surface area contributed by atoms with Gasteiger partial charge in [-0.05, 0) is 57.6 Å². The monoisotopic (exact) mass is 559 g/mol. The van der Waals surface area contributed by atoms with Crippen molar-refractivity contribution in [3.05, 3.63) is 33.3 Å². The molecule has 0 fully saturated rings. The number of ether oxygens (including phenoxy) is 1. The van der Waals surface area contributed by atoms with Gasteiger partial charge >= 0.3 is 12.1 Å². The number of hydrogen-bond donors (Lipinski definition) is 2. The summed E-state index contributed by atoms with van der Waals surface area (Å²) in [6.45, 7) is 10.9. The number of hydrogen-bond acceptors (Lipinski definition) is 7. The van der Waals surface area contributed by atoms with E-state index in [4.69, 9.17) is 4.74 Å². The molecule has 0 radical (unpaired) electrons. The van der Waals surface area contributed by atoms with E-state index in [9.17, 15) is 33.0 Å². The van der Waals surface area contributed by atoms with Crippen molar-refractivity contribution in [2.45, 2.75) is 105 Å². The molecule has 0 amide bonds.